The van der Waals surface area contributed by atoms with Crippen molar-refractivity contribution in [1.82, 2.24) is 5.32 Å². The zero-order valence-electron chi connectivity index (χ0n) is 8.73. The summed E-state index contributed by atoms with van der Waals surface area (Å²) in [7, 11) is 0. The third-order valence-electron chi connectivity index (χ3n) is 1.84. The molecule has 0 spiro atoms. The Morgan fingerprint density at radius 2 is 2.53 bits per heavy atom. The Hall–Kier alpha value is -1.33. The fourth-order valence-electron chi connectivity index (χ4n) is 1.14. The summed E-state index contributed by atoms with van der Waals surface area (Å²) >= 11 is 0. The van der Waals surface area contributed by atoms with Crippen LogP contribution in [0.3, 0.4) is 0 Å². The lowest BCUT2D eigenvalue weighted by atomic mass is 10.2. The number of nitrogens with two attached hydrogens (primary N) is 1. The van der Waals surface area contributed by atoms with Crippen molar-refractivity contribution in [3.05, 3.63) is 24.2 Å². The summed E-state index contributed by atoms with van der Waals surface area (Å²) in [6.45, 7) is 2.69. The molecule has 1 aromatic rings. The largest absolute Gasteiger partial charge is 0.467 e. The van der Waals surface area contributed by atoms with Crippen LogP contribution in [-0.2, 0) is 9.53 Å². The monoisotopic (exact) mass is 212 g/mol. The third kappa shape index (κ3) is 4.14. The van der Waals surface area contributed by atoms with Gasteiger partial charge in [0.05, 0.1) is 18.9 Å². The maximum atomic E-state index is 11.3. The minimum absolute atomic E-state index is 0.0300. The highest BCUT2D eigenvalue weighted by Crippen LogP contribution is 2.11. The lowest BCUT2D eigenvalue weighted by Crippen LogP contribution is -2.30. The normalized spacial score (nSPS) is 12.4. The van der Waals surface area contributed by atoms with Crippen LogP contribution in [-0.4, -0.2) is 25.7 Å². The number of carbonyl (C=O) groups excluding carboxylic acids is 1. The second kappa shape index (κ2) is 6.21. The van der Waals surface area contributed by atoms with E-state index in [1.807, 2.05) is 13.0 Å². The van der Waals surface area contributed by atoms with Crippen molar-refractivity contribution in [2.75, 3.05) is 19.8 Å². The van der Waals surface area contributed by atoms with Crippen molar-refractivity contribution in [2.24, 2.45) is 5.73 Å². The highest BCUT2D eigenvalue weighted by Gasteiger charge is 2.11. The number of carbonyl (C=O) groups is 1. The molecule has 0 saturated carbocycles. The van der Waals surface area contributed by atoms with Gasteiger partial charge in [-0.3, -0.25) is 4.79 Å². The van der Waals surface area contributed by atoms with E-state index in [2.05, 4.69) is 5.32 Å². The van der Waals surface area contributed by atoms with Crippen molar-refractivity contribution >= 4 is 5.91 Å². The van der Waals surface area contributed by atoms with E-state index in [1.54, 1.807) is 12.3 Å². The quantitative estimate of drug-likeness (QED) is 0.670. The maximum Gasteiger partial charge on any atom is 0.246 e. The highest BCUT2D eigenvalue weighted by atomic mass is 16.5. The average Bonchev–Trinajstić information content (AvgIpc) is 2.70. The molecule has 0 bridgehead atoms. The smallest absolute Gasteiger partial charge is 0.246 e. The SMILES string of the molecule is C[C@@H](NC(=O)COCCN)c1ccco1. The fraction of sp³-hybridized carbons (Fsp3) is 0.500. The predicted octanol–water partition coefficient (Wildman–Crippen LogP) is 0.432. The molecule has 3 N–H and O–H groups in total. The molecule has 0 aliphatic carbocycles. The van der Waals surface area contributed by atoms with Crippen LogP contribution in [0.4, 0.5) is 0 Å². The second-order valence-corrected chi connectivity index (χ2v) is 3.15. The minimum atomic E-state index is -0.174. The topological polar surface area (TPSA) is 77.5 Å². The van der Waals surface area contributed by atoms with E-state index in [-0.39, 0.29) is 18.6 Å². The lowest BCUT2D eigenvalue weighted by Gasteiger charge is -2.11. The molecule has 0 saturated heterocycles. The second-order valence-electron chi connectivity index (χ2n) is 3.15. The van der Waals surface area contributed by atoms with Crippen molar-refractivity contribution in [3.63, 3.8) is 0 Å². The molecule has 1 heterocycles. The van der Waals surface area contributed by atoms with E-state index >= 15 is 0 Å². The van der Waals surface area contributed by atoms with E-state index in [9.17, 15) is 4.79 Å². The van der Waals surface area contributed by atoms with Crippen LogP contribution in [0, 0.1) is 0 Å². The molecule has 84 valence electrons. The van der Waals surface area contributed by atoms with E-state index in [4.69, 9.17) is 14.9 Å². The first-order valence-corrected chi connectivity index (χ1v) is 4.84. The van der Waals surface area contributed by atoms with E-state index in [1.165, 1.54) is 0 Å². The minimum Gasteiger partial charge on any atom is -0.467 e. The first-order valence-electron chi connectivity index (χ1n) is 4.84. The average molecular weight is 212 g/mol. The van der Waals surface area contributed by atoms with Gasteiger partial charge in [0, 0.05) is 6.54 Å². The molecular weight excluding hydrogens is 196 g/mol. The Kier molecular flexibility index (Phi) is 4.86. The molecule has 15 heavy (non-hydrogen) atoms. The van der Waals surface area contributed by atoms with Gasteiger partial charge < -0.3 is 20.2 Å². The molecule has 0 fully saturated rings. The number of ether oxygens (including phenoxy) is 1. The van der Waals surface area contributed by atoms with Gasteiger partial charge >= 0.3 is 0 Å². The Labute approximate surface area is 88.6 Å². The van der Waals surface area contributed by atoms with E-state index < -0.39 is 0 Å². The molecule has 0 radical (unpaired) electrons. The van der Waals surface area contributed by atoms with Crippen molar-refractivity contribution in [2.45, 2.75) is 13.0 Å². The summed E-state index contributed by atoms with van der Waals surface area (Å²) < 4.78 is 10.1. The van der Waals surface area contributed by atoms with Crippen LogP contribution in [0.5, 0.6) is 0 Å². The molecule has 1 aromatic heterocycles. The standard InChI is InChI=1S/C10H16N2O3/c1-8(9-3-2-5-15-9)12-10(13)7-14-6-4-11/h2-3,5,8H,4,6-7,11H2,1H3,(H,12,13)/t8-/m1/s1. The Bertz CT molecular complexity index is 285. The van der Waals surface area contributed by atoms with Crippen LogP contribution < -0.4 is 11.1 Å². The molecule has 5 heteroatoms. The van der Waals surface area contributed by atoms with Crippen molar-refractivity contribution in [1.29, 1.82) is 0 Å². The van der Waals surface area contributed by atoms with Gasteiger partial charge in [-0.25, -0.2) is 0 Å². The van der Waals surface area contributed by atoms with Gasteiger partial charge in [-0.1, -0.05) is 0 Å². The van der Waals surface area contributed by atoms with Gasteiger partial charge in [0.1, 0.15) is 12.4 Å². The molecular formula is C10H16N2O3. The summed E-state index contributed by atoms with van der Waals surface area (Å²) in [5.74, 6) is 0.550. The van der Waals surface area contributed by atoms with Gasteiger partial charge in [0.15, 0.2) is 0 Å². The predicted molar refractivity (Wildman–Crippen MR) is 55.1 cm³/mol. The zero-order valence-corrected chi connectivity index (χ0v) is 8.73. The zero-order chi connectivity index (χ0) is 11.1. The molecule has 0 unspecified atom stereocenters. The van der Waals surface area contributed by atoms with Crippen LogP contribution >= 0.6 is 0 Å². The lowest BCUT2D eigenvalue weighted by molar-refractivity contribution is -0.126. The molecule has 5 nitrogen and oxygen atoms in total. The summed E-state index contributed by atoms with van der Waals surface area (Å²) in [4.78, 5) is 11.3. The Balaban J connectivity index is 2.26. The molecule has 1 rings (SSSR count). The van der Waals surface area contributed by atoms with Crippen LogP contribution in [0.1, 0.15) is 18.7 Å². The van der Waals surface area contributed by atoms with Crippen LogP contribution in [0.15, 0.2) is 22.8 Å². The number of nitrogens with one attached hydrogen (secondary N) is 1. The molecule has 1 amide bonds. The first kappa shape index (κ1) is 11.7. The maximum absolute atomic E-state index is 11.3. The summed E-state index contributed by atoms with van der Waals surface area (Å²) in [6, 6.07) is 3.45. The fourth-order valence-corrected chi connectivity index (χ4v) is 1.14. The highest BCUT2D eigenvalue weighted by molar-refractivity contribution is 5.77. The Morgan fingerprint density at radius 1 is 1.73 bits per heavy atom. The van der Waals surface area contributed by atoms with Crippen molar-refractivity contribution in [3.8, 4) is 0 Å². The number of hydrogen-bond acceptors (Lipinski definition) is 4. The van der Waals surface area contributed by atoms with Gasteiger partial charge in [-0.2, -0.15) is 0 Å². The summed E-state index contributed by atoms with van der Waals surface area (Å²) in [5.41, 5.74) is 5.22. The molecule has 0 aliphatic heterocycles. The van der Waals surface area contributed by atoms with Crippen molar-refractivity contribution < 1.29 is 13.9 Å². The first-order chi connectivity index (χ1) is 7.24. The number of rotatable bonds is 6. The van der Waals surface area contributed by atoms with Crippen LogP contribution in [0.25, 0.3) is 0 Å². The number of hydrogen-bond donors (Lipinski definition) is 2. The Morgan fingerprint density at radius 3 is 3.13 bits per heavy atom. The summed E-state index contributed by atoms with van der Waals surface area (Å²) in [6.07, 6.45) is 1.57. The van der Waals surface area contributed by atoms with E-state index in [0.717, 1.165) is 5.76 Å². The van der Waals surface area contributed by atoms with Gasteiger partial charge in [0.2, 0.25) is 5.91 Å². The van der Waals surface area contributed by atoms with E-state index in [0.29, 0.717) is 13.2 Å². The van der Waals surface area contributed by atoms with Crippen LogP contribution in [0.2, 0.25) is 0 Å². The third-order valence-corrected chi connectivity index (χ3v) is 1.84. The number of furan rings is 1. The molecule has 1 atom stereocenters. The van der Waals surface area contributed by atoms with Gasteiger partial charge in [-0.15, -0.1) is 0 Å². The molecule has 0 aromatic carbocycles. The molecule has 0 aliphatic rings. The van der Waals surface area contributed by atoms with Gasteiger partial charge in [0.25, 0.3) is 0 Å². The summed E-state index contributed by atoms with van der Waals surface area (Å²) in [5, 5.41) is 2.74. The number of amides is 1. The van der Waals surface area contributed by atoms with Gasteiger partial charge in [-0.05, 0) is 19.1 Å².